The van der Waals surface area contributed by atoms with Crippen molar-refractivity contribution in [3.63, 3.8) is 0 Å². The summed E-state index contributed by atoms with van der Waals surface area (Å²) in [5.74, 6) is -0.416. The average molecular weight is 516 g/mol. The Bertz CT molecular complexity index is 1330. The molecule has 0 atom stereocenters. The SMILES string of the molecule is COc1ccc(N(CC(=O)N/N=C\c2ccc(OC(=O)c3ccccc3)cc2)S(C)(=O)=O)cc1Cl. The summed E-state index contributed by atoms with van der Waals surface area (Å²) in [5.41, 5.74) is 3.55. The lowest BCUT2D eigenvalue weighted by Gasteiger charge is -2.21. The molecule has 0 heterocycles. The molecule has 0 spiro atoms. The second-order valence-electron chi connectivity index (χ2n) is 7.21. The van der Waals surface area contributed by atoms with Gasteiger partial charge in [-0.05, 0) is 60.2 Å². The van der Waals surface area contributed by atoms with Crippen LogP contribution in [0.1, 0.15) is 15.9 Å². The van der Waals surface area contributed by atoms with Crippen LogP contribution in [0.15, 0.2) is 77.9 Å². The Hall–Kier alpha value is -3.89. The predicted molar refractivity (Wildman–Crippen MR) is 134 cm³/mol. The highest BCUT2D eigenvalue weighted by Gasteiger charge is 2.21. The molecule has 0 radical (unpaired) electrons. The van der Waals surface area contributed by atoms with Gasteiger partial charge in [-0.1, -0.05) is 29.8 Å². The van der Waals surface area contributed by atoms with Crippen LogP contribution in [-0.4, -0.2) is 46.4 Å². The summed E-state index contributed by atoms with van der Waals surface area (Å²) < 4.78 is 35.7. The number of halogens is 1. The molecule has 0 bridgehead atoms. The number of carbonyl (C=O) groups excluding carboxylic acids is 2. The highest BCUT2D eigenvalue weighted by Crippen LogP contribution is 2.30. The number of nitrogens with zero attached hydrogens (tertiary/aromatic N) is 2. The van der Waals surface area contributed by atoms with Gasteiger partial charge in [-0.15, -0.1) is 0 Å². The number of benzene rings is 3. The Morgan fingerprint density at radius 3 is 2.34 bits per heavy atom. The summed E-state index contributed by atoms with van der Waals surface area (Å²) >= 11 is 6.08. The highest BCUT2D eigenvalue weighted by molar-refractivity contribution is 7.92. The van der Waals surface area contributed by atoms with Crippen LogP contribution in [0.4, 0.5) is 5.69 Å². The van der Waals surface area contributed by atoms with Crippen LogP contribution >= 0.6 is 11.6 Å². The van der Waals surface area contributed by atoms with Crippen molar-refractivity contribution in [2.75, 3.05) is 24.2 Å². The van der Waals surface area contributed by atoms with E-state index in [4.69, 9.17) is 21.1 Å². The molecule has 11 heteroatoms. The van der Waals surface area contributed by atoms with Gasteiger partial charge in [-0.25, -0.2) is 18.6 Å². The second-order valence-corrected chi connectivity index (χ2v) is 9.52. The summed E-state index contributed by atoms with van der Waals surface area (Å²) in [5, 5.41) is 4.06. The molecular weight excluding hydrogens is 494 g/mol. The number of esters is 1. The van der Waals surface area contributed by atoms with E-state index in [0.29, 0.717) is 22.6 Å². The normalized spacial score (nSPS) is 11.2. The third-order valence-electron chi connectivity index (χ3n) is 4.61. The fourth-order valence-corrected chi connectivity index (χ4v) is 4.02. The molecule has 1 amide bonds. The maximum atomic E-state index is 12.3. The van der Waals surface area contributed by atoms with E-state index in [9.17, 15) is 18.0 Å². The molecule has 182 valence electrons. The topological polar surface area (TPSA) is 114 Å². The summed E-state index contributed by atoms with van der Waals surface area (Å²) in [7, 11) is -2.35. The smallest absolute Gasteiger partial charge is 0.343 e. The lowest BCUT2D eigenvalue weighted by Crippen LogP contribution is -2.39. The number of amides is 1. The van der Waals surface area contributed by atoms with E-state index >= 15 is 0 Å². The van der Waals surface area contributed by atoms with Gasteiger partial charge in [0.05, 0.1) is 35.9 Å². The first-order valence-electron chi connectivity index (χ1n) is 10.2. The number of sulfonamides is 1. The molecule has 0 fully saturated rings. The predicted octanol–water partition coefficient (Wildman–Crippen LogP) is 3.48. The molecular formula is C24H22ClN3O6S. The van der Waals surface area contributed by atoms with Crippen molar-refractivity contribution in [1.82, 2.24) is 5.43 Å². The zero-order valence-electron chi connectivity index (χ0n) is 18.8. The quantitative estimate of drug-likeness (QED) is 0.202. The Balaban J connectivity index is 1.59. The fourth-order valence-electron chi connectivity index (χ4n) is 2.92. The minimum Gasteiger partial charge on any atom is -0.495 e. The summed E-state index contributed by atoms with van der Waals surface area (Å²) in [4.78, 5) is 24.4. The minimum absolute atomic E-state index is 0.204. The number of ether oxygens (including phenoxy) is 2. The van der Waals surface area contributed by atoms with E-state index < -0.39 is 28.4 Å². The van der Waals surface area contributed by atoms with Crippen molar-refractivity contribution < 1.29 is 27.5 Å². The molecule has 3 aromatic rings. The molecule has 0 aliphatic carbocycles. The fraction of sp³-hybridized carbons (Fsp3) is 0.125. The molecule has 0 saturated carbocycles. The van der Waals surface area contributed by atoms with Gasteiger partial charge < -0.3 is 9.47 Å². The van der Waals surface area contributed by atoms with Crippen LogP contribution in [0.2, 0.25) is 5.02 Å². The number of carbonyl (C=O) groups is 2. The van der Waals surface area contributed by atoms with Crippen LogP contribution in [0.3, 0.4) is 0 Å². The first kappa shape index (κ1) is 25.7. The first-order valence-corrected chi connectivity index (χ1v) is 12.4. The van der Waals surface area contributed by atoms with Gasteiger partial charge in [-0.3, -0.25) is 9.10 Å². The zero-order chi connectivity index (χ0) is 25.4. The maximum absolute atomic E-state index is 12.3. The van der Waals surface area contributed by atoms with E-state index in [-0.39, 0.29) is 10.7 Å². The summed E-state index contributed by atoms with van der Waals surface area (Å²) in [6.45, 7) is -0.507. The summed E-state index contributed by atoms with van der Waals surface area (Å²) in [6, 6.07) is 19.4. The van der Waals surface area contributed by atoms with Crippen LogP contribution < -0.4 is 19.2 Å². The Morgan fingerprint density at radius 2 is 1.74 bits per heavy atom. The zero-order valence-corrected chi connectivity index (χ0v) is 20.4. The third kappa shape index (κ3) is 7.29. The van der Waals surface area contributed by atoms with Crippen molar-refractivity contribution in [3.05, 3.63) is 88.9 Å². The molecule has 0 aliphatic rings. The summed E-state index contributed by atoms with van der Waals surface area (Å²) in [6.07, 6.45) is 2.35. The van der Waals surface area contributed by atoms with Gasteiger partial charge in [0.2, 0.25) is 10.0 Å². The largest absolute Gasteiger partial charge is 0.495 e. The molecule has 9 nitrogen and oxygen atoms in total. The first-order chi connectivity index (χ1) is 16.7. The van der Waals surface area contributed by atoms with Gasteiger partial charge in [0.1, 0.15) is 18.0 Å². The van der Waals surface area contributed by atoms with Crippen LogP contribution in [-0.2, 0) is 14.8 Å². The van der Waals surface area contributed by atoms with Crippen LogP contribution in [0.25, 0.3) is 0 Å². The lowest BCUT2D eigenvalue weighted by molar-refractivity contribution is -0.119. The van der Waals surface area contributed by atoms with Crippen molar-refractivity contribution in [2.24, 2.45) is 5.10 Å². The van der Waals surface area contributed by atoms with Crippen molar-refractivity contribution in [3.8, 4) is 11.5 Å². The second kappa shape index (κ2) is 11.5. The maximum Gasteiger partial charge on any atom is 0.343 e. The number of rotatable bonds is 9. The van der Waals surface area contributed by atoms with E-state index in [1.165, 1.54) is 31.5 Å². The van der Waals surface area contributed by atoms with E-state index in [2.05, 4.69) is 10.5 Å². The van der Waals surface area contributed by atoms with E-state index in [1.807, 2.05) is 0 Å². The van der Waals surface area contributed by atoms with Gasteiger partial charge in [0, 0.05) is 0 Å². The van der Waals surface area contributed by atoms with Gasteiger partial charge in [-0.2, -0.15) is 5.10 Å². The number of hydrazone groups is 1. The molecule has 1 N–H and O–H groups in total. The van der Waals surface area contributed by atoms with E-state index in [0.717, 1.165) is 10.6 Å². The monoisotopic (exact) mass is 515 g/mol. The number of hydrogen-bond donors (Lipinski definition) is 1. The Labute approximate surface area is 208 Å². The third-order valence-corrected chi connectivity index (χ3v) is 6.05. The molecule has 0 aliphatic heterocycles. The lowest BCUT2D eigenvalue weighted by atomic mass is 10.2. The Kier molecular flexibility index (Phi) is 8.45. The van der Waals surface area contributed by atoms with Gasteiger partial charge in [0.25, 0.3) is 5.91 Å². The average Bonchev–Trinajstić information content (AvgIpc) is 2.83. The molecule has 3 rings (SSSR count). The Morgan fingerprint density at radius 1 is 1.06 bits per heavy atom. The standard InChI is InChI=1S/C24H22ClN3O6S/c1-33-22-13-10-19(14-21(22)25)28(35(2,31)32)16-23(29)27-26-15-17-8-11-20(12-9-17)34-24(30)18-6-4-3-5-7-18/h3-15H,16H2,1-2H3,(H,27,29)/b26-15-. The number of nitrogens with one attached hydrogen (secondary N) is 1. The number of hydrogen-bond acceptors (Lipinski definition) is 7. The van der Waals surface area contributed by atoms with Crippen molar-refractivity contribution in [1.29, 1.82) is 0 Å². The molecule has 3 aromatic carbocycles. The highest BCUT2D eigenvalue weighted by atomic mass is 35.5. The van der Waals surface area contributed by atoms with Crippen LogP contribution in [0, 0.1) is 0 Å². The number of anilines is 1. The minimum atomic E-state index is -3.78. The van der Waals surface area contributed by atoms with E-state index in [1.54, 1.807) is 54.6 Å². The number of methoxy groups -OCH3 is 1. The molecule has 35 heavy (non-hydrogen) atoms. The van der Waals surface area contributed by atoms with Crippen molar-refractivity contribution in [2.45, 2.75) is 0 Å². The molecule has 0 unspecified atom stereocenters. The van der Waals surface area contributed by atoms with Gasteiger partial charge in [0.15, 0.2) is 0 Å². The molecule has 0 saturated heterocycles. The van der Waals surface area contributed by atoms with Crippen molar-refractivity contribution >= 4 is 45.4 Å². The van der Waals surface area contributed by atoms with Gasteiger partial charge >= 0.3 is 5.97 Å². The van der Waals surface area contributed by atoms with Crippen LogP contribution in [0.5, 0.6) is 11.5 Å². The molecule has 0 aromatic heterocycles.